The molecule has 20 heavy (non-hydrogen) atoms. The van der Waals surface area contributed by atoms with Crippen molar-refractivity contribution in [2.45, 2.75) is 13.0 Å². The van der Waals surface area contributed by atoms with Crippen LogP contribution in [0, 0.1) is 12.7 Å². The van der Waals surface area contributed by atoms with Gasteiger partial charge in [-0.3, -0.25) is 0 Å². The number of rotatable bonds is 2. The lowest BCUT2D eigenvalue weighted by Crippen LogP contribution is -2.33. The van der Waals surface area contributed by atoms with E-state index >= 15 is 0 Å². The lowest BCUT2D eigenvalue weighted by molar-refractivity contribution is 0.00755. The van der Waals surface area contributed by atoms with Gasteiger partial charge in [-0.05, 0) is 30.7 Å². The quantitative estimate of drug-likeness (QED) is 0.922. The van der Waals surface area contributed by atoms with Crippen LogP contribution in [0.1, 0.15) is 17.6 Å². The van der Waals surface area contributed by atoms with Crippen LogP contribution in [0.4, 0.5) is 4.39 Å². The van der Waals surface area contributed by atoms with Crippen LogP contribution in [-0.4, -0.2) is 29.8 Å². The van der Waals surface area contributed by atoms with E-state index in [1.54, 1.807) is 19.1 Å². The molecule has 1 fully saturated rings. The second-order valence-corrected chi connectivity index (χ2v) is 4.48. The van der Waals surface area contributed by atoms with Crippen LogP contribution in [0.5, 0.6) is 0 Å². The summed E-state index contributed by atoms with van der Waals surface area (Å²) < 4.78 is 24.0. The molecule has 0 bridgehead atoms. The van der Waals surface area contributed by atoms with Gasteiger partial charge in [-0.15, -0.1) is 12.4 Å². The van der Waals surface area contributed by atoms with Crippen molar-refractivity contribution in [1.29, 1.82) is 0 Å². The largest absolute Gasteiger partial charge is 0.366 e. The van der Waals surface area contributed by atoms with Crippen LogP contribution in [0.2, 0.25) is 0 Å². The van der Waals surface area contributed by atoms with E-state index < -0.39 is 0 Å². The lowest BCUT2D eigenvalue weighted by atomic mass is 10.1. The van der Waals surface area contributed by atoms with E-state index in [2.05, 4.69) is 15.5 Å². The molecule has 2 heterocycles. The molecule has 1 saturated heterocycles. The summed E-state index contributed by atoms with van der Waals surface area (Å²) in [7, 11) is 0. The highest BCUT2D eigenvalue weighted by molar-refractivity contribution is 5.85. The van der Waals surface area contributed by atoms with E-state index in [0.29, 0.717) is 30.4 Å². The molecule has 0 spiro atoms. The fourth-order valence-electron chi connectivity index (χ4n) is 1.99. The normalized spacial score (nSPS) is 18.6. The van der Waals surface area contributed by atoms with Gasteiger partial charge < -0.3 is 14.6 Å². The zero-order chi connectivity index (χ0) is 13.2. The second kappa shape index (κ2) is 6.30. The summed E-state index contributed by atoms with van der Waals surface area (Å²) in [5, 5.41) is 7.11. The number of halogens is 2. The van der Waals surface area contributed by atoms with Gasteiger partial charge in [0.25, 0.3) is 5.89 Å². The van der Waals surface area contributed by atoms with Crippen LogP contribution in [0.15, 0.2) is 22.7 Å². The Balaban J connectivity index is 0.00000147. The number of hydrogen-bond donors (Lipinski definition) is 1. The molecule has 0 aliphatic carbocycles. The Morgan fingerprint density at radius 3 is 2.95 bits per heavy atom. The van der Waals surface area contributed by atoms with Crippen LogP contribution in [-0.2, 0) is 4.74 Å². The minimum atomic E-state index is -0.243. The van der Waals surface area contributed by atoms with Gasteiger partial charge in [0.2, 0.25) is 5.82 Å². The number of morpholine rings is 1. The first-order valence-electron chi connectivity index (χ1n) is 6.16. The highest BCUT2D eigenvalue weighted by Crippen LogP contribution is 2.22. The number of aromatic nitrogens is 2. The molecule has 0 radical (unpaired) electrons. The molecule has 1 atom stereocenters. The Labute approximate surface area is 121 Å². The third kappa shape index (κ3) is 2.98. The summed E-state index contributed by atoms with van der Waals surface area (Å²) in [6.07, 6.45) is -0.212. The topological polar surface area (TPSA) is 60.2 Å². The van der Waals surface area contributed by atoms with E-state index in [-0.39, 0.29) is 24.3 Å². The van der Waals surface area contributed by atoms with Gasteiger partial charge in [0.15, 0.2) is 0 Å². The van der Waals surface area contributed by atoms with Crippen molar-refractivity contribution < 1.29 is 13.7 Å². The van der Waals surface area contributed by atoms with Crippen molar-refractivity contribution in [2.75, 3.05) is 19.7 Å². The van der Waals surface area contributed by atoms with Gasteiger partial charge in [-0.2, -0.15) is 4.98 Å². The molecule has 2 aromatic rings. The standard InChI is InChI=1S/C13H14FN3O2.ClH/c1-8-6-9(2-3-10(8)14)12-16-13(19-17-12)11-7-15-4-5-18-11;/h2-3,6,11,15H,4-5,7H2,1H3;1H. The lowest BCUT2D eigenvalue weighted by Gasteiger charge is -2.19. The smallest absolute Gasteiger partial charge is 0.257 e. The Morgan fingerprint density at radius 2 is 2.25 bits per heavy atom. The van der Waals surface area contributed by atoms with Crippen LogP contribution < -0.4 is 5.32 Å². The number of hydrogen-bond acceptors (Lipinski definition) is 5. The van der Waals surface area contributed by atoms with Crippen LogP contribution in [0.3, 0.4) is 0 Å². The maximum Gasteiger partial charge on any atom is 0.257 e. The van der Waals surface area contributed by atoms with E-state index in [1.165, 1.54) is 6.07 Å². The molecule has 1 aliphatic rings. The zero-order valence-corrected chi connectivity index (χ0v) is 11.7. The van der Waals surface area contributed by atoms with Gasteiger partial charge in [0.1, 0.15) is 11.9 Å². The predicted octanol–water partition coefficient (Wildman–Crippen LogP) is 2.27. The van der Waals surface area contributed by atoms with Gasteiger partial charge in [0.05, 0.1) is 6.61 Å². The Morgan fingerprint density at radius 1 is 1.40 bits per heavy atom. The fourth-order valence-corrected chi connectivity index (χ4v) is 1.99. The summed E-state index contributed by atoms with van der Waals surface area (Å²) >= 11 is 0. The van der Waals surface area contributed by atoms with Crippen molar-refractivity contribution in [3.8, 4) is 11.4 Å². The van der Waals surface area contributed by atoms with Crippen molar-refractivity contribution >= 4 is 12.4 Å². The average Bonchev–Trinajstić information content (AvgIpc) is 2.93. The van der Waals surface area contributed by atoms with Crippen molar-refractivity contribution in [1.82, 2.24) is 15.5 Å². The average molecular weight is 300 g/mol. The molecule has 5 nitrogen and oxygen atoms in total. The molecule has 3 rings (SSSR count). The molecular weight excluding hydrogens is 285 g/mol. The summed E-state index contributed by atoms with van der Waals surface area (Å²) in [6, 6.07) is 4.74. The van der Waals surface area contributed by atoms with E-state index in [0.717, 1.165) is 12.1 Å². The molecule has 1 N–H and O–H groups in total. The molecule has 1 aliphatic heterocycles. The molecule has 108 valence electrons. The molecular formula is C13H15ClFN3O2. The minimum absolute atomic E-state index is 0. The van der Waals surface area contributed by atoms with Gasteiger partial charge in [-0.1, -0.05) is 5.16 Å². The SMILES string of the molecule is Cc1cc(-c2noc(C3CNCCO3)n2)ccc1F.Cl. The van der Waals surface area contributed by atoms with Gasteiger partial charge in [0, 0.05) is 18.7 Å². The highest BCUT2D eigenvalue weighted by atomic mass is 35.5. The van der Waals surface area contributed by atoms with Gasteiger partial charge in [-0.25, -0.2) is 4.39 Å². The van der Waals surface area contributed by atoms with Crippen LogP contribution in [0.25, 0.3) is 11.4 Å². The first kappa shape index (κ1) is 14.9. The van der Waals surface area contributed by atoms with E-state index in [9.17, 15) is 4.39 Å². The third-order valence-corrected chi connectivity index (χ3v) is 3.06. The Bertz CT molecular complexity index is 585. The van der Waals surface area contributed by atoms with Crippen molar-refractivity contribution in [3.63, 3.8) is 0 Å². The maximum atomic E-state index is 13.2. The predicted molar refractivity (Wildman–Crippen MR) is 73.2 cm³/mol. The Kier molecular flexibility index (Phi) is 4.69. The number of benzene rings is 1. The first-order valence-corrected chi connectivity index (χ1v) is 6.16. The number of ether oxygens (including phenoxy) is 1. The summed E-state index contributed by atoms with van der Waals surface area (Å²) in [5.74, 6) is 0.656. The number of aryl methyl sites for hydroxylation is 1. The Hall–Kier alpha value is -1.50. The van der Waals surface area contributed by atoms with Crippen molar-refractivity contribution in [2.24, 2.45) is 0 Å². The summed E-state index contributed by atoms with van der Waals surface area (Å²) in [4.78, 5) is 4.31. The van der Waals surface area contributed by atoms with Crippen molar-refractivity contribution in [3.05, 3.63) is 35.5 Å². The molecule has 1 aromatic heterocycles. The maximum absolute atomic E-state index is 13.2. The number of nitrogens with one attached hydrogen (secondary N) is 1. The highest BCUT2D eigenvalue weighted by Gasteiger charge is 2.22. The zero-order valence-electron chi connectivity index (χ0n) is 10.9. The van der Waals surface area contributed by atoms with Crippen LogP contribution >= 0.6 is 12.4 Å². The summed E-state index contributed by atoms with van der Waals surface area (Å²) in [5.41, 5.74) is 1.29. The monoisotopic (exact) mass is 299 g/mol. The minimum Gasteiger partial charge on any atom is -0.366 e. The molecule has 0 saturated carbocycles. The van der Waals surface area contributed by atoms with E-state index in [4.69, 9.17) is 9.26 Å². The molecule has 7 heteroatoms. The molecule has 1 aromatic carbocycles. The number of nitrogens with zero attached hydrogens (tertiary/aromatic N) is 2. The van der Waals surface area contributed by atoms with E-state index in [1.807, 2.05) is 0 Å². The van der Waals surface area contributed by atoms with Gasteiger partial charge >= 0.3 is 0 Å². The summed E-state index contributed by atoms with van der Waals surface area (Å²) in [6.45, 7) is 3.81. The first-order chi connectivity index (χ1) is 9.24. The molecule has 0 amide bonds. The molecule has 1 unspecified atom stereocenters. The second-order valence-electron chi connectivity index (χ2n) is 4.48. The third-order valence-electron chi connectivity index (χ3n) is 3.06. The fraction of sp³-hybridized carbons (Fsp3) is 0.385.